The van der Waals surface area contributed by atoms with Crippen LogP contribution in [0.4, 0.5) is 9.80 Å². The predicted octanol–water partition coefficient (Wildman–Crippen LogP) is 1.96. The number of aromatic carboxylic acids is 1. The van der Waals surface area contributed by atoms with E-state index in [9.17, 15) is 9.59 Å². The van der Waals surface area contributed by atoms with Gasteiger partial charge in [-0.05, 0) is 33.3 Å². The number of urea groups is 1. The number of hydrogen-bond donors (Lipinski definition) is 4. The third-order valence-corrected chi connectivity index (χ3v) is 3.80. The molecular formula is C12H18N2O4S. The lowest BCUT2D eigenvalue weighted by Crippen LogP contribution is -2.48. The van der Waals surface area contributed by atoms with E-state index in [1.165, 1.54) is 11.3 Å². The van der Waals surface area contributed by atoms with Crippen LogP contribution in [0.15, 0.2) is 0 Å². The first-order valence-electron chi connectivity index (χ1n) is 5.71. The fourth-order valence-corrected chi connectivity index (χ4v) is 2.50. The average Bonchev–Trinajstić information content (AvgIpc) is 2.53. The zero-order valence-electron chi connectivity index (χ0n) is 11.3. The monoisotopic (exact) mass is 286 g/mol. The van der Waals surface area contributed by atoms with Crippen molar-refractivity contribution in [1.82, 2.24) is 5.32 Å². The first-order valence-corrected chi connectivity index (χ1v) is 6.53. The van der Waals surface area contributed by atoms with E-state index in [1.807, 2.05) is 0 Å². The topological polar surface area (TPSA) is 98.7 Å². The van der Waals surface area contributed by atoms with Gasteiger partial charge in [-0.2, -0.15) is 0 Å². The summed E-state index contributed by atoms with van der Waals surface area (Å²) in [4.78, 5) is 23.8. The minimum absolute atomic E-state index is 0.111. The molecule has 0 unspecified atom stereocenters. The predicted molar refractivity (Wildman–Crippen MR) is 74.1 cm³/mol. The van der Waals surface area contributed by atoms with Crippen LogP contribution in [0.3, 0.4) is 0 Å². The van der Waals surface area contributed by atoms with Gasteiger partial charge in [-0.1, -0.05) is 0 Å². The molecule has 0 saturated heterocycles. The summed E-state index contributed by atoms with van der Waals surface area (Å²) in [5.41, 5.74) is -0.0110. The zero-order valence-corrected chi connectivity index (χ0v) is 12.1. The van der Waals surface area contributed by atoms with Crippen molar-refractivity contribution < 1.29 is 19.8 Å². The van der Waals surface area contributed by atoms with Crippen molar-refractivity contribution in [2.45, 2.75) is 33.2 Å². The number of carbonyl (C=O) groups is 2. The number of aliphatic hydroxyl groups excluding tert-OH is 1. The molecule has 0 atom stereocenters. The highest BCUT2D eigenvalue weighted by Crippen LogP contribution is 2.32. The van der Waals surface area contributed by atoms with Crippen LogP contribution in [0.1, 0.15) is 34.6 Å². The second-order valence-corrected chi connectivity index (χ2v) is 6.14. The molecule has 0 aromatic carbocycles. The van der Waals surface area contributed by atoms with Crippen LogP contribution >= 0.6 is 11.3 Å². The maximum absolute atomic E-state index is 11.8. The van der Waals surface area contributed by atoms with Crippen molar-refractivity contribution in [2.75, 3.05) is 11.9 Å². The molecule has 19 heavy (non-hydrogen) atoms. The highest BCUT2D eigenvalue weighted by molar-refractivity contribution is 7.16. The van der Waals surface area contributed by atoms with Crippen molar-refractivity contribution >= 4 is 28.3 Å². The Bertz CT molecular complexity index is 508. The van der Waals surface area contributed by atoms with E-state index < -0.39 is 17.5 Å². The lowest BCUT2D eigenvalue weighted by Gasteiger charge is -2.23. The van der Waals surface area contributed by atoms with Crippen LogP contribution < -0.4 is 10.6 Å². The van der Waals surface area contributed by atoms with Crippen LogP contribution in [-0.4, -0.2) is 34.4 Å². The smallest absolute Gasteiger partial charge is 0.338 e. The number of carbonyl (C=O) groups excluding carboxylic acids is 1. The summed E-state index contributed by atoms with van der Waals surface area (Å²) in [5.74, 6) is -1.07. The standard InChI is InChI=1S/C12H18N2O4S/c1-6-7(2)19-9(8(6)10(16)17)13-11(18)14-12(3,4)5-15/h15H,5H2,1-4H3,(H,16,17)(H2,13,14,18). The van der Waals surface area contributed by atoms with Crippen LogP contribution in [0.25, 0.3) is 0 Å². The molecule has 4 N–H and O–H groups in total. The third kappa shape index (κ3) is 3.68. The molecule has 106 valence electrons. The number of hydrogen-bond acceptors (Lipinski definition) is 4. The van der Waals surface area contributed by atoms with Crippen LogP contribution in [0.5, 0.6) is 0 Å². The summed E-state index contributed by atoms with van der Waals surface area (Å²) in [6.45, 7) is 6.61. The second kappa shape index (κ2) is 5.58. The van der Waals surface area contributed by atoms with Gasteiger partial charge in [0.1, 0.15) is 5.00 Å². The number of nitrogens with one attached hydrogen (secondary N) is 2. The Morgan fingerprint density at radius 1 is 1.32 bits per heavy atom. The Balaban J connectivity index is 2.92. The Hall–Kier alpha value is -1.60. The highest BCUT2D eigenvalue weighted by Gasteiger charge is 2.23. The van der Waals surface area contributed by atoms with E-state index in [0.717, 1.165) is 4.88 Å². The van der Waals surface area contributed by atoms with Crippen LogP contribution in [0.2, 0.25) is 0 Å². The minimum Gasteiger partial charge on any atom is -0.478 e. The van der Waals surface area contributed by atoms with Gasteiger partial charge in [-0.25, -0.2) is 9.59 Å². The molecule has 0 radical (unpaired) electrons. The normalized spacial score (nSPS) is 11.2. The number of carboxylic acids is 1. The van der Waals surface area contributed by atoms with E-state index in [2.05, 4.69) is 10.6 Å². The van der Waals surface area contributed by atoms with Crippen molar-refractivity contribution in [3.05, 3.63) is 16.0 Å². The molecule has 0 aliphatic heterocycles. The molecule has 0 aliphatic carbocycles. The maximum Gasteiger partial charge on any atom is 0.338 e. The molecule has 0 fully saturated rings. The number of amides is 2. The van der Waals surface area contributed by atoms with Crippen molar-refractivity contribution in [2.24, 2.45) is 0 Å². The van der Waals surface area contributed by atoms with Gasteiger partial charge in [-0.3, -0.25) is 5.32 Å². The summed E-state index contributed by atoms with van der Waals surface area (Å²) < 4.78 is 0. The van der Waals surface area contributed by atoms with Crippen molar-refractivity contribution in [3.63, 3.8) is 0 Å². The molecule has 0 aliphatic rings. The summed E-state index contributed by atoms with van der Waals surface area (Å²) in [7, 11) is 0. The van der Waals surface area contributed by atoms with Gasteiger partial charge in [0, 0.05) is 4.88 Å². The van der Waals surface area contributed by atoms with Crippen LogP contribution in [0, 0.1) is 13.8 Å². The molecule has 1 aromatic heterocycles. The van der Waals surface area contributed by atoms with E-state index in [0.29, 0.717) is 10.6 Å². The van der Waals surface area contributed by atoms with E-state index in [-0.39, 0.29) is 12.2 Å². The summed E-state index contributed by atoms with van der Waals surface area (Å²) in [6, 6.07) is -0.539. The average molecular weight is 286 g/mol. The highest BCUT2D eigenvalue weighted by atomic mass is 32.1. The third-order valence-electron chi connectivity index (χ3n) is 2.67. The Morgan fingerprint density at radius 3 is 2.37 bits per heavy atom. The van der Waals surface area contributed by atoms with Gasteiger partial charge in [0.05, 0.1) is 17.7 Å². The molecular weight excluding hydrogens is 268 g/mol. The lowest BCUT2D eigenvalue weighted by molar-refractivity contribution is 0.0697. The number of thiophene rings is 1. The number of rotatable bonds is 4. The first-order chi connectivity index (χ1) is 8.68. The van der Waals surface area contributed by atoms with E-state index in [1.54, 1.807) is 27.7 Å². The van der Waals surface area contributed by atoms with Gasteiger partial charge in [0.15, 0.2) is 0 Å². The van der Waals surface area contributed by atoms with Gasteiger partial charge in [-0.15, -0.1) is 11.3 Å². The molecule has 2 amide bonds. The fourth-order valence-electron chi connectivity index (χ4n) is 1.45. The Kier molecular flexibility index (Phi) is 4.54. The quantitative estimate of drug-likeness (QED) is 0.680. The number of carboxylic acid groups (broad SMARTS) is 1. The summed E-state index contributed by atoms with van der Waals surface area (Å²) >= 11 is 1.22. The first kappa shape index (κ1) is 15.5. The zero-order chi connectivity index (χ0) is 14.8. The van der Waals surface area contributed by atoms with Crippen LogP contribution in [-0.2, 0) is 0 Å². The molecule has 1 aromatic rings. The number of aryl methyl sites for hydroxylation is 1. The fraction of sp³-hybridized carbons (Fsp3) is 0.500. The summed E-state index contributed by atoms with van der Waals surface area (Å²) in [5, 5.41) is 23.6. The SMILES string of the molecule is Cc1sc(NC(=O)NC(C)(C)CO)c(C(=O)O)c1C. The van der Waals surface area contributed by atoms with Crippen molar-refractivity contribution in [3.8, 4) is 0 Å². The molecule has 0 spiro atoms. The molecule has 7 heteroatoms. The molecule has 1 heterocycles. The van der Waals surface area contributed by atoms with Gasteiger partial charge < -0.3 is 15.5 Å². The largest absolute Gasteiger partial charge is 0.478 e. The Morgan fingerprint density at radius 2 is 1.89 bits per heavy atom. The second-order valence-electron chi connectivity index (χ2n) is 4.91. The maximum atomic E-state index is 11.8. The minimum atomic E-state index is -1.07. The molecule has 0 bridgehead atoms. The molecule has 1 rings (SSSR count). The van der Waals surface area contributed by atoms with E-state index in [4.69, 9.17) is 10.2 Å². The summed E-state index contributed by atoms with van der Waals surface area (Å²) in [6.07, 6.45) is 0. The van der Waals surface area contributed by atoms with Crippen molar-refractivity contribution in [1.29, 1.82) is 0 Å². The lowest BCUT2D eigenvalue weighted by atomic mass is 10.1. The van der Waals surface area contributed by atoms with Gasteiger partial charge in [0.2, 0.25) is 0 Å². The number of anilines is 1. The Labute approximate surface area is 115 Å². The van der Waals surface area contributed by atoms with E-state index >= 15 is 0 Å². The van der Waals surface area contributed by atoms with Gasteiger partial charge in [0.25, 0.3) is 0 Å². The molecule has 6 nitrogen and oxygen atoms in total. The van der Waals surface area contributed by atoms with Gasteiger partial charge >= 0.3 is 12.0 Å². The number of aliphatic hydroxyl groups is 1. The molecule has 0 saturated carbocycles.